The maximum atomic E-state index is 11.9. The van der Waals surface area contributed by atoms with Gasteiger partial charge in [-0.05, 0) is 42.7 Å². The molecule has 0 atom stereocenters. The van der Waals surface area contributed by atoms with Crippen LogP contribution in [-0.2, 0) is 9.59 Å². The molecule has 0 aliphatic carbocycles. The zero-order valence-corrected chi connectivity index (χ0v) is 16.1. The summed E-state index contributed by atoms with van der Waals surface area (Å²) >= 11 is 0. The molecule has 1 aromatic heterocycles. The fourth-order valence-electron chi connectivity index (χ4n) is 2.68. The molecule has 4 N–H and O–H groups in total. The number of pyridine rings is 1. The largest absolute Gasteiger partial charge is 0.397 e. The number of aromatic nitrogens is 1. The number of carbonyl (C=O) groups excluding carboxylic acids is 2. The first-order valence-electron chi connectivity index (χ1n) is 9.65. The number of rotatable bonds is 11. The summed E-state index contributed by atoms with van der Waals surface area (Å²) in [7, 11) is 0. The lowest BCUT2D eigenvalue weighted by molar-refractivity contribution is -0.117. The zero-order chi connectivity index (χ0) is 20.0. The van der Waals surface area contributed by atoms with Crippen LogP contribution in [0.4, 0.5) is 11.4 Å². The number of amides is 2. The number of anilines is 2. The number of unbranched alkanes of at least 4 members (excludes halogenated alkanes) is 4. The van der Waals surface area contributed by atoms with Gasteiger partial charge in [-0.15, -0.1) is 0 Å². The molecule has 0 radical (unpaired) electrons. The average molecular weight is 380 g/mol. The SMILES string of the molecule is Nc1ccccc1NC(=O)CCCCCCCNC(=O)/C=C/c1cccnc1. The van der Waals surface area contributed by atoms with Gasteiger partial charge in [0.2, 0.25) is 11.8 Å². The van der Waals surface area contributed by atoms with E-state index in [9.17, 15) is 9.59 Å². The Hall–Kier alpha value is -3.15. The highest BCUT2D eigenvalue weighted by Gasteiger charge is 2.04. The summed E-state index contributed by atoms with van der Waals surface area (Å²) in [6.45, 7) is 0.657. The van der Waals surface area contributed by atoms with E-state index >= 15 is 0 Å². The molecule has 0 aliphatic rings. The van der Waals surface area contributed by atoms with Crippen molar-refractivity contribution in [2.45, 2.75) is 38.5 Å². The van der Waals surface area contributed by atoms with E-state index in [2.05, 4.69) is 15.6 Å². The Labute approximate surface area is 166 Å². The van der Waals surface area contributed by atoms with Crippen molar-refractivity contribution in [3.8, 4) is 0 Å². The molecule has 0 spiro atoms. The average Bonchev–Trinajstić information content (AvgIpc) is 2.71. The number of para-hydroxylation sites is 2. The Morgan fingerprint density at radius 3 is 2.57 bits per heavy atom. The summed E-state index contributed by atoms with van der Waals surface area (Å²) in [4.78, 5) is 27.6. The fraction of sp³-hybridized carbons (Fsp3) is 0.318. The lowest BCUT2D eigenvalue weighted by Gasteiger charge is -2.07. The van der Waals surface area contributed by atoms with E-state index in [1.165, 1.54) is 6.08 Å². The third-order valence-electron chi connectivity index (χ3n) is 4.23. The van der Waals surface area contributed by atoms with Gasteiger partial charge in [0.05, 0.1) is 11.4 Å². The van der Waals surface area contributed by atoms with E-state index in [1.807, 2.05) is 24.3 Å². The molecule has 1 heterocycles. The second kappa shape index (κ2) is 12.3. The molecule has 28 heavy (non-hydrogen) atoms. The summed E-state index contributed by atoms with van der Waals surface area (Å²) in [5, 5.41) is 5.71. The van der Waals surface area contributed by atoms with Crippen LogP contribution in [0.2, 0.25) is 0 Å². The molecule has 0 saturated carbocycles. The summed E-state index contributed by atoms with van der Waals surface area (Å²) in [6.07, 6.45) is 12.0. The van der Waals surface area contributed by atoms with Crippen molar-refractivity contribution in [3.05, 3.63) is 60.4 Å². The zero-order valence-electron chi connectivity index (χ0n) is 16.1. The van der Waals surface area contributed by atoms with Gasteiger partial charge in [0.25, 0.3) is 0 Å². The minimum Gasteiger partial charge on any atom is -0.397 e. The minimum atomic E-state index is -0.0966. The fourth-order valence-corrected chi connectivity index (χ4v) is 2.68. The monoisotopic (exact) mass is 380 g/mol. The van der Waals surface area contributed by atoms with Gasteiger partial charge in [-0.3, -0.25) is 14.6 Å². The molecule has 1 aromatic carbocycles. The van der Waals surface area contributed by atoms with Crippen LogP contribution in [0.15, 0.2) is 54.9 Å². The van der Waals surface area contributed by atoms with E-state index in [-0.39, 0.29) is 11.8 Å². The number of benzene rings is 1. The van der Waals surface area contributed by atoms with Crippen molar-refractivity contribution in [1.82, 2.24) is 10.3 Å². The van der Waals surface area contributed by atoms with Crippen LogP contribution in [0.1, 0.15) is 44.1 Å². The lowest BCUT2D eigenvalue weighted by Crippen LogP contribution is -2.21. The van der Waals surface area contributed by atoms with Crippen LogP contribution in [0.3, 0.4) is 0 Å². The standard InChI is InChI=1S/C22H28N4O2/c23-19-10-5-6-11-20(19)26-22(28)12-4-2-1-3-7-16-25-21(27)14-13-18-9-8-15-24-17-18/h5-6,8-11,13-15,17H,1-4,7,12,16,23H2,(H,25,27)(H,26,28)/b14-13+. The summed E-state index contributed by atoms with van der Waals surface area (Å²) in [5.41, 5.74) is 7.95. The number of hydrogen-bond donors (Lipinski definition) is 3. The van der Waals surface area contributed by atoms with Crippen molar-refractivity contribution in [2.75, 3.05) is 17.6 Å². The van der Waals surface area contributed by atoms with Gasteiger partial charge in [-0.25, -0.2) is 0 Å². The number of carbonyl (C=O) groups is 2. The number of nitrogens with two attached hydrogens (primary N) is 1. The molecule has 2 rings (SSSR count). The second-order valence-electron chi connectivity index (χ2n) is 6.56. The van der Waals surface area contributed by atoms with Crippen molar-refractivity contribution in [1.29, 1.82) is 0 Å². The van der Waals surface area contributed by atoms with E-state index in [0.717, 1.165) is 37.7 Å². The Bertz CT molecular complexity index is 775. The van der Waals surface area contributed by atoms with Gasteiger partial charge < -0.3 is 16.4 Å². The number of hydrogen-bond acceptors (Lipinski definition) is 4. The predicted molar refractivity (Wildman–Crippen MR) is 113 cm³/mol. The normalized spacial score (nSPS) is 10.7. The van der Waals surface area contributed by atoms with E-state index in [1.54, 1.807) is 30.6 Å². The lowest BCUT2D eigenvalue weighted by atomic mass is 10.1. The molecule has 2 amide bonds. The van der Waals surface area contributed by atoms with Crippen LogP contribution < -0.4 is 16.4 Å². The maximum absolute atomic E-state index is 11.9. The smallest absolute Gasteiger partial charge is 0.243 e. The number of nitrogens with one attached hydrogen (secondary N) is 2. The van der Waals surface area contributed by atoms with Crippen LogP contribution in [-0.4, -0.2) is 23.3 Å². The van der Waals surface area contributed by atoms with Gasteiger partial charge >= 0.3 is 0 Å². The molecule has 148 valence electrons. The molecule has 2 aromatic rings. The first-order valence-corrected chi connectivity index (χ1v) is 9.65. The van der Waals surface area contributed by atoms with Gasteiger partial charge in [0, 0.05) is 31.4 Å². The molecule has 0 fully saturated rings. The van der Waals surface area contributed by atoms with Gasteiger partial charge in [0.15, 0.2) is 0 Å². The first kappa shape index (κ1) is 21.2. The van der Waals surface area contributed by atoms with Crippen LogP contribution >= 0.6 is 0 Å². The molecular weight excluding hydrogens is 352 g/mol. The Morgan fingerprint density at radius 1 is 1.00 bits per heavy atom. The van der Waals surface area contributed by atoms with Gasteiger partial charge in [0.1, 0.15) is 0 Å². The molecule has 0 bridgehead atoms. The number of nitrogen functional groups attached to an aromatic ring is 1. The van der Waals surface area contributed by atoms with Crippen LogP contribution in [0.25, 0.3) is 6.08 Å². The highest BCUT2D eigenvalue weighted by atomic mass is 16.2. The first-order chi connectivity index (χ1) is 13.6. The maximum Gasteiger partial charge on any atom is 0.243 e. The molecule has 0 saturated heterocycles. The van der Waals surface area contributed by atoms with E-state index in [0.29, 0.717) is 24.3 Å². The quantitative estimate of drug-likeness (QED) is 0.314. The molecular formula is C22H28N4O2. The van der Waals surface area contributed by atoms with Crippen molar-refractivity contribution >= 4 is 29.3 Å². The highest BCUT2D eigenvalue weighted by Crippen LogP contribution is 2.17. The summed E-state index contributed by atoms with van der Waals surface area (Å²) in [5.74, 6) is -0.105. The third-order valence-corrected chi connectivity index (χ3v) is 4.23. The molecule has 6 nitrogen and oxygen atoms in total. The van der Waals surface area contributed by atoms with Crippen LogP contribution in [0.5, 0.6) is 0 Å². The van der Waals surface area contributed by atoms with Gasteiger partial charge in [-0.1, -0.05) is 37.5 Å². The van der Waals surface area contributed by atoms with Crippen LogP contribution in [0, 0.1) is 0 Å². The van der Waals surface area contributed by atoms with Crippen molar-refractivity contribution in [2.24, 2.45) is 0 Å². The van der Waals surface area contributed by atoms with Crippen molar-refractivity contribution in [3.63, 3.8) is 0 Å². The minimum absolute atomic E-state index is 0.00873. The van der Waals surface area contributed by atoms with Crippen molar-refractivity contribution < 1.29 is 9.59 Å². The highest BCUT2D eigenvalue weighted by molar-refractivity contribution is 5.93. The molecule has 0 aliphatic heterocycles. The topological polar surface area (TPSA) is 97.1 Å². The van der Waals surface area contributed by atoms with E-state index < -0.39 is 0 Å². The summed E-state index contributed by atoms with van der Waals surface area (Å²) in [6, 6.07) is 11.0. The number of nitrogens with zero attached hydrogens (tertiary/aromatic N) is 1. The van der Waals surface area contributed by atoms with Gasteiger partial charge in [-0.2, -0.15) is 0 Å². The Morgan fingerprint density at radius 2 is 1.79 bits per heavy atom. The summed E-state index contributed by atoms with van der Waals surface area (Å²) < 4.78 is 0. The molecule has 6 heteroatoms. The predicted octanol–water partition coefficient (Wildman–Crippen LogP) is 3.77. The third kappa shape index (κ3) is 8.49. The Kier molecular flexibility index (Phi) is 9.27. The van der Waals surface area contributed by atoms with E-state index in [4.69, 9.17) is 5.73 Å². The second-order valence-corrected chi connectivity index (χ2v) is 6.56. The Balaban J connectivity index is 1.47. The molecule has 0 unspecified atom stereocenters.